The fourth-order valence-electron chi connectivity index (χ4n) is 1.57. The Kier molecular flexibility index (Phi) is 3.28. The number of rotatable bonds is 5. The smallest absolute Gasteiger partial charge is 0.178 e. The average molecular weight is 219 g/mol. The van der Waals surface area contributed by atoms with Crippen molar-refractivity contribution in [3.8, 4) is 0 Å². The van der Waals surface area contributed by atoms with Gasteiger partial charge in [-0.2, -0.15) is 0 Å². The minimum absolute atomic E-state index is 0.00676. The van der Waals surface area contributed by atoms with Crippen LogP contribution in [-0.4, -0.2) is 40.6 Å². The summed E-state index contributed by atoms with van der Waals surface area (Å²) in [5, 5.41) is 12.3. The number of aliphatic hydroxyl groups excluding tert-OH is 1. The summed E-state index contributed by atoms with van der Waals surface area (Å²) in [6, 6.07) is 1.83. The Balaban J connectivity index is 2.17. The zero-order valence-electron chi connectivity index (χ0n) is 8.73. The molecule has 0 aliphatic carbocycles. The molecule has 2 rings (SSSR count). The highest BCUT2D eigenvalue weighted by Crippen LogP contribution is 2.16. The van der Waals surface area contributed by atoms with Gasteiger partial charge in [-0.15, -0.1) is 0 Å². The number of nitrogens with one attached hydrogen (secondary N) is 2. The van der Waals surface area contributed by atoms with Gasteiger partial charge in [-0.3, -0.25) is 9.78 Å². The number of hydrogen-bond acceptors (Lipinski definition) is 4. The van der Waals surface area contributed by atoms with Crippen LogP contribution < -0.4 is 5.32 Å². The third kappa shape index (κ3) is 2.10. The molecule has 2 aromatic heterocycles. The van der Waals surface area contributed by atoms with Crippen LogP contribution in [0.3, 0.4) is 0 Å². The molecule has 0 spiro atoms. The van der Waals surface area contributed by atoms with E-state index < -0.39 is 0 Å². The van der Waals surface area contributed by atoms with E-state index in [0.29, 0.717) is 12.1 Å². The van der Waals surface area contributed by atoms with Gasteiger partial charge >= 0.3 is 0 Å². The molecule has 0 saturated carbocycles. The molecule has 0 unspecified atom stereocenters. The Labute approximate surface area is 92.5 Å². The molecule has 16 heavy (non-hydrogen) atoms. The van der Waals surface area contributed by atoms with Crippen molar-refractivity contribution in [2.24, 2.45) is 0 Å². The first-order chi connectivity index (χ1) is 7.83. The Morgan fingerprint density at radius 3 is 3.25 bits per heavy atom. The van der Waals surface area contributed by atoms with E-state index in [1.165, 1.54) is 0 Å². The van der Waals surface area contributed by atoms with E-state index in [1.54, 1.807) is 18.6 Å². The van der Waals surface area contributed by atoms with Crippen LogP contribution in [0.5, 0.6) is 0 Å². The van der Waals surface area contributed by atoms with Gasteiger partial charge in [-0.1, -0.05) is 0 Å². The molecule has 0 aliphatic rings. The van der Waals surface area contributed by atoms with Crippen molar-refractivity contribution in [3.05, 3.63) is 30.2 Å². The first-order valence-corrected chi connectivity index (χ1v) is 5.09. The summed E-state index contributed by atoms with van der Waals surface area (Å²) < 4.78 is 0. The predicted molar refractivity (Wildman–Crippen MR) is 60.4 cm³/mol. The third-order valence-electron chi connectivity index (χ3n) is 2.36. The Morgan fingerprint density at radius 1 is 1.56 bits per heavy atom. The summed E-state index contributed by atoms with van der Waals surface area (Å²) in [6.07, 6.45) is 5.04. The number of aromatic nitrogens is 2. The van der Waals surface area contributed by atoms with Gasteiger partial charge in [0.1, 0.15) is 0 Å². The van der Waals surface area contributed by atoms with E-state index in [2.05, 4.69) is 15.3 Å². The molecule has 2 aromatic rings. The lowest BCUT2D eigenvalue weighted by molar-refractivity contribution is 0.0991. The number of H-pyrrole nitrogens is 1. The normalized spacial score (nSPS) is 10.8. The van der Waals surface area contributed by atoms with E-state index in [9.17, 15) is 4.79 Å². The molecular weight excluding hydrogens is 206 g/mol. The highest BCUT2D eigenvalue weighted by atomic mass is 16.3. The maximum atomic E-state index is 11.8. The fraction of sp³-hybridized carbons (Fsp3) is 0.273. The molecule has 5 nitrogen and oxygen atoms in total. The van der Waals surface area contributed by atoms with Gasteiger partial charge in [-0.05, 0) is 6.07 Å². The van der Waals surface area contributed by atoms with E-state index in [-0.39, 0.29) is 18.9 Å². The molecule has 0 bridgehead atoms. The van der Waals surface area contributed by atoms with Crippen molar-refractivity contribution in [2.45, 2.75) is 0 Å². The van der Waals surface area contributed by atoms with Crippen molar-refractivity contribution >= 4 is 16.7 Å². The lowest BCUT2D eigenvalue weighted by atomic mass is 10.1. The van der Waals surface area contributed by atoms with E-state index >= 15 is 0 Å². The van der Waals surface area contributed by atoms with Crippen molar-refractivity contribution in [1.82, 2.24) is 15.3 Å². The first-order valence-electron chi connectivity index (χ1n) is 5.09. The molecule has 84 valence electrons. The second-order valence-electron chi connectivity index (χ2n) is 3.45. The van der Waals surface area contributed by atoms with Crippen LogP contribution in [0, 0.1) is 0 Å². The zero-order valence-corrected chi connectivity index (χ0v) is 8.73. The van der Waals surface area contributed by atoms with Crippen LogP contribution in [0.2, 0.25) is 0 Å². The maximum absolute atomic E-state index is 11.8. The van der Waals surface area contributed by atoms with Crippen molar-refractivity contribution in [1.29, 1.82) is 0 Å². The molecule has 0 amide bonds. The number of Topliss-reactive ketones (excluding diaryl/α,β-unsaturated/α-hetero) is 1. The number of hydrogen-bond donors (Lipinski definition) is 3. The standard InChI is InChI=1S/C11H13N3O2/c15-4-3-13-7-11(16)9-6-14-10-1-2-12-5-8(9)10/h1-2,5-6,13-15H,3-4,7H2. The zero-order chi connectivity index (χ0) is 11.4. The predicted octanol–water partition coefficient (Wildman–Crippen LogP) is 0.327. The minimum atomic E-state index is -0.00676. The van der Waals surface area contributed by atoms with Crippen molar-refractivity contribution in [2.75, 3.05) is 19.7 Å². The van der Waals surface area contributed by atoms with Crippen LogP contribution in [0.4, 0.5) is 0 Å². The number of carbonyl (C=O) groups is 1. The van der Waals surface area contributed by atoms with Crippen LogP contribution >= 0.6 is 0 Å². The summed E-state index contributed by atoms with van der Waals surface area (Å²) >= 11 is 0. The number of ketones is 1. The second kappa shape index (κ2) is 4.87. The number of carbonyl (C=O) groups excluding carboxylic acids is 1. The van der Waals surface area contributed by atoms with E-state index in [4.69, 9.17) is 5.11 Å². The maximum Gasteiger partial charge on any atom is 0.178 e. The third-order valence-corrected chi connectivity index (χ3v) is 2.36. The molecule has 0 aliphatic heterocycles. The second-order valence-corrected chi connectivity index (χ2v) is 3.45. The summed E-state index contributed by atoms with van der Waals surface area (Å²) in [5.41, 5.74) is 1.54. The summed E-state index contributed by atoms with van der Waals surface area (Å²) in [5.74, 6) is -0.00676. The number of aromatic amines is 1. The molecule has 0 saturated heterocycles. The summed E-state index contributed by atoms with van der Waals surface area (Å²) in [6.45, 7) is 0.678. The van der Waals surface area contributed by atoms with Crippen LogP contribution in [0.15, 0.2) is 24.7 Å². The van der Waals surface area contributed by atoms with E-state index in [0.717, 1.165) is 10.9 Å². The Hall–Kier alpha value is -1.72. The van der Waals surface area contributed by atoms with Crippen molar-refractivity contribution < 1.29 is 9.90 Å². The van der Waals surface area contributed by atoms with Crippen LogP contribution in [0.1, 0.15) is 10.4 Å². The first kappa shape index (κ1) is 10.8. The van der Waals surface area contributed by atoms with Gasteiger partial charge in [0.05, 0.1) is 13.2 Å². The molecule has 5 heteroatoms. The molecule has 0 atom stereocenters. The lowest BCUT2D eigenvalue weighted by Crippen LogP contribution is -2.25. The van der Waals surface area contributed by atoms with Gasteiger partial charge in [0.2, 0.25) is 0 Å². The molecule has 2 heterocycles. The van der Waals surface area contributed by atoms with Crippen molar-refractivity contribution in [3.63, 3.8) is 0 Å². The molecule has 0 radical (unpaired) electrons. The van der Waals surface area contributed by atoms with E-state index in [1.807, 2.05) is 6.07 Å². The quantitative estimate of drug-likeness (QED) is 0.500. The SMILES string of the molecule is O=C(CNCCO)c1c[nH]c2ccncc12. The Morgan fingerprint density at radius 2 is 2.44 bits per heavy atom. The summed E-state index contributed by atoms with van der Waals surface area (Å²) in [4.78, 5) is 18.8. The number of fused-ring (bicyclic) bond motifs is 1. The lowest BCUT2D eigenvalue weighted by Gasteiger charge is -2.00. The van der Waals surface area contributed by atoms with Gasteiger partial charge in [0.25, 0.3) is 0 Å². The van der Waals surface area contributed by atoms with Gasteiger partial charge in [0, 0.05) is 41.6 Å². The van der Waals surface area contributed by atoms with Gasteiger partial charge < -0.3 is 15.4 Å². The molecule has 3 N–H and O–H groups in total. The number of nitrogens with zero attached hydrogens (tertiary/aromatic N) is 1. The monoisotopic (exact) mass is 219 g/mol. The summed E-state index contributed by atoms with van der Waals surface area (Å²) in [7, 11) is 0. The fourth-order valence-corrected chi connectivity index (χ4v) is 1.57. The number of pyridine rings is 1. The molecular formula is C11H13N3O2. The van der Waals surface area contributed by atoms with Crippen LogP contribution in [-0.2, 0) is 0 Å². The largest absolute Gasteiger partial charge is 0.395 e. The molecule has 0 aromatic carbocycles. The highest BCUT2D eigenvalue weighted by Gasteiger charge is 2.10. The number of aliphatic hydroxyl groups is 1. The topological polar surface area (TPSA) is 78.0 Å². The average Bonchev–Trinajstić information content (AvgIpc) is 2.73. The Bertz CT molecular complexity index is 493. The van der Waals surface area contributed by atoms with Gasteiger partial charge in [-0.25, -0.2) is 0 Å². The molecule has 0 fully saturated rings. The van der Waals surface area contributed by atoms with Gasteiger partial charge in [0.15, 0.2) is 5.78 Å². The minimum Gasteiger partial charge on any atom is -0.395 e. The highest BCUT2D eigenvalue weighted by molar-refractivity contribution is 6.08. The van der Waals surface area contributed by atoms with Crippen LogP contribution in [0.25, 0.3) is 10.9 Å².